The van der Waals surface area contributed by atoms with Gasteiger partial charge >= 0.3 is 0 Å². The van der Waals surface area contributed by atoms with Crippen LogP contribution >= 0.6 is 15.9 Å². The standard InChI is InChI=1S/C21H21BrN2O2/c1-25-17-10-6-14(7-11-17)19-21(22,16-4-3-5-16)20(24-23-19)15-8-12-18(26-2)13-9-15/h6-13,16H,3-5H2,1-2H3. The number of benzene rings is 2. The largest absolute Gasteiger partial charge is 0.497 e. The SMILES string of the molecule is COc1ccc(C2=NN=C(c3ccc(OC)cc3)C2(Br)C2CCC2)cc1. The molecule has 0 radical (unpaired) electrons. The summed E-state index contributed by atoms with van der Waals surface area (Å²) in [5.41, 5.74) is 4.11. The summed E-state index contributed by atoms with van der Waals surface area (Å²) in [7, 11) is 3.35. The van der Waals surface area contributed by atoms with Crippen LogP contribution in [0.2, 0.25) is 0 Å². The number of halogens is 1. The fourth-order valence-electron chi connectivity index (χ4n) is 3.58. The molecule has 1 saturated carbocycles. The highest BCUT2D eigenvalue weighted by atomic mass is 79.9. The van der Waals surface area contributed by atoms with Crippen LogP contribution in [0.3, 0.4) is 0 Å². The van der Waals surface area contributed by atoms with Gasteiger partial charge < -0.3 is 9.47 Å². The first-order chi connectivity index (χ1) is 12.7. The maximum Gasteiger partial charge on any atom is 0.118 e. The van der Waals surface area contributed by atoms with Crippen LogP contribution in [0, 0.1) is 5.92 Å². The van der Waals surface area contributed by atoms with Gasteiger partial charge in [0, 0.05) is 0 Å². The van der Waals surface area contributed by atoms with Crippen molar-refractivity contribution in [3.05, 3.63) is 59.7 Å². The van der Waals surface area contributed by atoms with Crippen LogP contribution in [-0.4, -0.2) is 30.0 Å². The molecule has 1 fully saturated rings. The zero-order valence-electron chi connectivity index (χ0n) is 14.9. The topological polar surface area (TPSA) is 43.2 Å². The summed E-state index contributed by atoms with van der Waals surface area (Å²) in [4.78, 5) is 0. The molecule has 2 aliphatic rings. The molecule has 4 nitrogen and oxygen atoms in total. The quantitative estimate of drug-likeness (QED) is 0.658. The Morgan fingerprint density at radius 2 is 1.23 bits per heavy atom. The number of hydrogen-bond donors (Lipinski definition) is 0. The Hall–Kier alpha value is -2.14. The molecule has 0 N–H and O–H groups in total. The van der Waals surface area contributed by atoms with Gasteiger partial charge in [0.1, 0.15) is 15.8 Å². The summed E-state index contributed by atoms with van der Waals surface area (Å²) in [6.45, 7) is 0. The number of rotatable bonds is 5. The average molecular weight is 413 g/mol. The van der Waals surface area contributed by atoms with Crippen molar-refractivity contribution in [2.45, 2.75) is 23.6 Å². The van der Waals surface area contributed by atoms with Crippen molar-refractivity contribution < 1.29 is 9.47 Å². The van der Waals surface area contributed by atoms with Crippen molar-refractivity contribution in [1.82, 2.24) is 0 Å². The summed E-state index contributed by atoms with van der Waals surface area (Å²) >= 11 is 4.08. The van der Waals surface area contributed by atoms with Gasteiger partial charge in [-0.2, -0.15) is 10.2 Å². The number of hydrogen-bond acceptors (Lipinski definition) is 4. The predicted octanol–water partition coefficient (Wildman–Crippen LogP) is 4.84. The number of methoxy groups -OCH3 is 2. The first-order valence-corrected chi connectivity index (χ1v) is 9.60. The van der Waals surface area contributed by atoms with Crippen LogP contribution in [-0.2, 0) is 0 Å². The first kappa shape index (κ1) is 17.3. The summed E-state index contributed by atoms with van der Waals surface area (Å²) in [5, 5.41) is 9.21. The average Bonchev–Trinajstić information content (AvgIpc) is 2.97. The van der Waals surface area contributed by atoms with Gasteiger partial charge in [0.05, 0.1) is 25.6 Å². The number of nitrogens with zero attached hydrogens (tertiary/aromatic N) is 2. The van der Waals surface area contributed by atoms with Crippen molar-refractivity contribution in [1.29, 1.82) is 0 Å². The second kappa shape index (κ2) is 6.88. The molecule has 1 aliphatic carbocycles. The lowest BCUT2D eigenvalue weighted by Gasteiger charge is -2.40. The Balaban J connectivity index is 1.72. The Bertz CT molecular complexity index is 789. The highest BCUT2D eigenvalue weighted by Crippen LogP contribution is 2.48. The van der Waals surface area contributed by atoms with Crippen molar-refractivity contribution in [2.75, 3.05) is 14.2 Å². The van der Waals surface area contributed by atoms with E-state index in [0.29, 0.717) is 5.92 Å². The normalized spacial score (nSPS) is 18.7. The minimum atomic E-state index is -0.353. The second-order valence-corrected chi connectivity index (χ2v) is 7.94. The van der Waals surface area contributed by atoms with E-state index in [4.69, 9.17) is 9.47 Å². The van der Waals surface area contributed by atoms with E-state index in [-0.39, 0.29) is 4.32 Å². The highest BCUT2D eigenvalue weighted by molar-refractivity contribution is 9.10. The molecule has 2 aromatic rings. The summed E-state index contributed by atoms with van der Waals surface area (Å²) in [5.74, 6) is 2.17. The molecule has 5 heteroatoms. The molecular formula is C21H21BrN2O2. The molecule has 1 heterocycles. The molecule has 0 atom stereocenters. The molecule has 0 amide bonds. The number of alkyl halides is 1. The van der Waals surface area contributed by atoms with Crippen LogP contribution in [0.5, 0.6) is 11.5 Å². The molecule has 0 spiro atoms. The molecule has 1 aliphatic heterocycles. The molecule has 0 saturated heterocycles. The molecule has 4 rings (SSSR count). The molecule has 0 aromatic heterocycles. The van der Waals surface area contributed by atoms with Gasteiger partial charge in [-0.05, 0) is 78.4 Å². The molecule has 26 heavy (non-hydrogen) atoms. The first-order valence-electron chi connectivity index (χ1n) is 8.81. The van der Waals surface area contributed by atoms with Crippen molar-refractivity contribution in [2.24, 2.45) is 16.1 Å². The maximum atomic E-state index is 5.28. The van der Waals surface area contributed by atoms with Gasteiger partial charge in [0.25, 0.3) is 0 Å². The molecule has 0 unspecified atom stereocenters. The molecular weight excluding hydrogens is 392 g/mol. The smallest absolute Gasteiger partial charge is 0.118 e. The lowest BCUT2D eigenvalue weighted by atomic mass is 9.69. The van der Waals surface area contributed by atoms with Crippen LogP contribution in [0.4, 0.5) is 0 Å². The van der Waals surface area contributed by atoms with Gasteiger partial charge in [0.2, 0.25) is 0 Å². The van der Waals surface area contributed by atoms with Gasteiger partial charge in [0.15, 0.2) is 0 Å². The monoisotopic (exact) mass is 412 g/mol. The lowest BCUT2D eigenvalue weighted by molar-refractivity contribution is 0.316. The fourth-order valence-corrected chi connectivity index (χ4v) is 4.66. The van der Waals surface area contributed by atoms with E-state index >= 15 is 0 Å². The Kier molecular flexibility index (Phi) is 4.57. The minimum Gasteiger partial charge on any atom is -0.497 e. The molecule has 134 valence electrons. The molecule has 2 aromatic carbocycles. The predicted molar refractivity (Wildman–Crippen MR) is 108 cm³/mol. The van der Waals surface area contributed by atoms with E-state index in [1.54, 1.807) is 14.2 Å². The van der Waals surface area contributed by atoms with Crippen LogP contribution in [0.1, 0.15) is 30.4 Å². The van der Waals surface area contributed by atoms with Gasteiger partial charge in [-0.1, -0.05) is 22.4 Å². The van der Waals surface area contributed by atoms with E-state index in [2.05, 4.69) is 50.4 Å². The summed E-state index contributed by atoms with van der Waals surface area (Å²) in [6.07, 6.45) is 3.61. The van der Waals surface area contributed by atoms with E-state index < -0.39 is 0 Å². The van der Waals surface area contributed by atoms with E-state index in [1.807, 2.05) is 24.3 Å². The highest BCUT2D eigenvalue weighted by Gasteiger charge is 2.51. The van der Waals surface area contributed by atoms with Crippen LogP contribution < -0.4 is 9.47 Å². The third kappa shape index (κ3) is 2.75. The molecule has 0 bridgehead atoms. The fraction of sp³-hybridized carbons (Fsp3) is 0.333. The minimum absolute atomic E-state index is 0.353. The Morgan fingerprint density at radius 1 is 0.808 bits per heavy atom. The Labute approximate surface area is 162 Å². The maximum absolute atomic E-state index is 5.28. The van der Waals surface area contributed by atoms with Crippen molar-refractivity contribution >= 4 is 27.4 Å². The van der Waals surface area contributed by atoms with Crippen molar-refractivity contribution in [3.63, 3.8) is 0 Å². The zero-order valence-corrected chi connectivity index (χ0v) is 16.5. The summed E-state index contributed by atoms with van der Waals surface area (Å²) in [6, 6.07) is 16.1. The van der Waals surface area contributed by atoms with Gasteiger partial charge in [-0.15, -0.1) is 0 Å². The van der Waals surface area contributed by atoms with Gasteiger partial charge in [-0.3, -0.25) is 0 Å². The van der Waals surface area contributed by atoms with Gasteiger partial charge in [-0.25, -0.2) is 0 Å². The number of ether oxygens (including phenoxy) is 2. The Morgan fingerprint density at radius 3 is 1.54 bits per heavy atom. The van der Waals surface area contributed by atoms with E-state index in [1.165, 1.54) is 19.3 Å². The zero-order chi connectivity index (χ0) is 18.1. The van der Waals surface area contributed by atoms with E-state index in [0.717, 1.165) is 34.0 Å². The third-order valence-corrected chi connectivity index (χ3v) is 6.73. The van der Waals surface area contributed by atoms with Crippen molar-refractivity contribution in [3.8, 4) is 11.5 Å². The van der Waals surface area contributed by atoms with Crippen LogP contribution in [0.15, 0.2) is 58.7 Å². The van der Waals surface area contributed by atoms with Crippen LogP contribution in [0.25, 0.3) is 0 Å². The third-order valence-electron chi connectivity index (χ3n) is 5.33. The summed E-state index contributed by atoms with van der Waals surface area (Å²) < 4.78 is 10.2. The lowest BCUT2D eigenvalue weighted by Crippen LogP contribution is -2.48. The van der Waals surface area contributed by atoms with E-state index in [9.17, 15) is 0 Å². The second-order valence-electron chi connectivity index (χ2n) is 6.69.